The summed E-state index contributed by atoms with van der Waals surface area (Å²) >= 11 is 3.36. The molecule has 84 valence electrons. The van der Waals surface area contributed by atoms with Crippen molar-refractivity contribution in [2.75, 3.05) is 19.7 Å². The molecular formula is C11H16BrNO2. The van der Waals surface area contributed by atoms with Gasteiger partial charge in [-0.25, -0.2) is 0 Å². The van der Waals surface area contributed by atoms with E-state index in [1.165, 1.54) is 0 Å². The molecular weight excluding hydrogens is 258 g/mol. The van der Waals surface area contributed by atoms with Crippen LogP contribution in [0.1, 0.15) is 18.1 Å². The van der Waals surface area contributed by atoms with E-state index in [0.717, 1.165) is 16.6 Å². The zero-order valence-electron chi connectivity index (χ0n) is 8.49. The second-order valence-corrected chi connectivity index (χ2v) is 4.27. The summed E-state index contributed by atoms with van der Waals surface area (Å²) in [6, 6.07) is 7.62. The van der Waals surface area contributed by atoms with E-state index in [2.05, 4.69) is 21.2 Å². The fourth-order valence-electron chi connectivity index (χ4n) is 1.27. The monoisotopic (exact) mass is 273 g/mol. The fourth-order valence-corrected chi connectivity index (χ4v) is 1.69. The lowest BCUT2D eigenvalue weighted by atomic mass is 10.1. The molecule has 0 heterocycles. The number of rotatable bonds is 6. The first-order chi connectivity index (χ1) is 7.24. The molecule has 4 heteroatoms. The van der Waals surface area contributed by atoms with Gasteiger partial charge in [-0.2, -0.15) is 0 Å². The first-order valence-corrected chi connectivity index (χ1v) is 5.78. The molecule has 3 nitrogen and oxygen atoms in total. The maximum Gasteiger partial charge on any atom is 0.0914 e. The van der Waals surface area contributed by atoms with Gasteiger partial charge in [0.1, 0.15) is 0 Å². The Morgan fingerprint density at radius 2 is 2.20 bits per heavy atom. The molecule has 1 atom stereocenters. The molecule has 0 aliphatic rings. The molecule has 0 saturated heterocycles. The molecule has 1 aromatic rings. The van der Waals surface area contributed by atoms with Crippen molar-refractivity contribution in [3.05, 3.63) is 34.3 Å². The Morgan fingerprint density at radius 3 is 2.87 bits per heavy atom. The molecule has 0 bridgehead atoms. The third-order valence-electron chi connectivity index (χ3n) is 2.08. The van der Waals surface area contributed by atoms with E-state index in [4.69, 9.17) is 5.11 Å². The molecule has 0 aromatic heterocycles. The molecule has 0 amide bonds. The molecule has 0 spiro atoms. The number of benzene rings is 1. The zero-order valence-corrected chi connectivity index (χ0v) is 10.1. The van der Waals surface area contributed by atoms with E-state index >= 15 is 0 Å². The Kier molecular flexibility index (Phi) is 5.86. The number of nitrogens with one attached hydrogen (secondary N) is 1. The van der Waals surface area contributed by atoms with Crippen LogP contribution in [0.3, 0.4) is 0 Å². The molecule has 1 unspecified atom stereocenters. The second-order valence-electron chi connectivity index (χ2n) is 3.35. The second kappa shape index (κ2) is 6.95. The molecule has 0 saturated carbocycles. The van der Waals surface area contributed by atoms with Crippen LogP contribution in [-0.2, 0) is 0 Å². The van der Waals surface area contributed by atoms with Gasteiger partial charge in [-0.3, -0.25) is 0 Å². The predicted molar refractivity (Wildman–Crippen MR) is 63.7 cm³/mol. The van der Waals surface area contributed by atoms with Crippen LogP contribution >= 0.6 is 15.9 Å². The van der Waals surface area contributed by atoms with Crippen LogP contribution in [0.2, 0.25) is 0 Å². The van der Waals surface area contributed by atoms with E-state index in [0.29, 0.717) is 13.0 Å². The first kappa shape index (κ1) is 12.6. The lowest BCUT2D eigenvalue weighted by molar-refractivity contribution is 0.173. The Balaban J connectivity index is 2.36. The van der Waals surface area contributed by atoms with Crippen molar-refractivity contribution in [3.8, 4) is 0 Å². The van der Waals surface area contributed by atoms with Crippen LogP contribution in [0.4, 0.5) is 0 Å². The molecule has 15 heavy (non-hydrogen) atoms. The van der Waals surface area contributed by atoms with Gasteiger partial charge in [0.05, 0.1) is 6.10 Å². The summed E-state index contributed by atoms with van der Waals surface area (Å²) in [5.41, 5.74) is 0.890. The third-order valence-corrected chi connectivity index (χ3v) is 2.58. The SMILES string of the molecule is OCCCNCC(O)c1cccc(Br)c1. The first-order valence-electron chi connectivity index (χ1n) is 4.99. The maximum absolute atomic E-state index is 9.80. The Hall–Kier alpha value is -0.420. The molecule has 0 radical (unpaired) electrons. The van der Waals surface area contributed by atoms with Gasteiger partial charge in [0.25, 0.3) is 0 Å². The average molecular weight is 274 g/mol. The van der Waals surface area contributed by atoms with E-state index in [1.807, 2.05) is 24.3 Å². The maximum atomic E-state index is 9.80. The van der Waals surface area contributed by atoms with Crippen molar-refractivity contribution in [2.45, 2.75) is 12.5 Å². The van der Waals surface area contributed by atoms with Crippen LogP contribution in [0.5, 0.6) is 0 Å². The van der Waals surface area contributed by atoms with Crippen LogP contribution in [0, 0.1) is 0 Å². The standard InChI is InChI=1S/C11H16BrNO2/c12-10-4-1-3-9(7-10)11(15)8-13-5-2-6-14/h1,3-4,7,11,13-15H,2,5-6,8H2. The number of hydrogen-bond acceptors (Lipinski definition) is 3. The number of halogens is 1. The minimum atomic E-state index is -0.499. The van der Waals surface area contributed by atoms with Crippen molar-refractivity contribution in [2.24, 2.45) is 0 Å². The number of aliphatic hydroxyl groups is 2. The highest BCUT2D eigenvalue weighted by atomic mass is 79.9. The van der Waals surface area contributed by atoms with Gasteiger partial charge in [0.15, 0.2) is 0 Å². The van der Waals surface area contributed by atoms with Gasteiger partial charge >= 0.3 is 0 Å². The van der Waals surface area contributed by atoms with E-state index < -0.39 is 6.10 Å². The lowest BCUT2D eigenvalue weighted by Crippen LogP contribution is -2.23. The van der Waals surface area contributed by atoms with Gasteiger partial charge in [0.2, 0.25) is 0 Å². The van der Waals surface area contributed by atoms with Crippen LogP contribution in [-0.4, -0.2) is 29.9 Å². The van der Waals surface area contributed by atoms with Crippen LogP contribution < -0.4 is 5.32 Å². The molecule has 0 aliphatic heterocycles. The van der Waals surface area contributed by atoms with Crippen molar-refractivity contribution < 1.29 is 10.2 Å². The van der Waals surface area contributed by atoms with Crippen molar-refractivity contribution in [3.63, 3.8) is 0 Å². The molecule has 3 N–H and O–H groups in total. The summed E-state index contributed by atoms with van der Waals surface area (Å²) in [5, 5.41) is 21.5. The Morgan fingerprint density at radius 1 is 1.40 bits per heavy atom. The quantitative estimate of drug-likeness (QED) is 0.688. The van der Waals surface area contributed by atoms with E-state index in [9.17, 15) is 5.11 Å². The Bertz CT molecular complexity index is 294. The fraction of sp³-hybridized carbons (Fsp3) is 0.455. The normalized spacial score (nSPS) is 12.7. The van der Waals surface area contributed by atoms with Gasteiger partial charge in [-0.15, -0.1) is 0 Å². The molecule has 0 aliphatic carbocycles. The smallest absolute Gasteiger partial charge is 0.0914 e. The van der Waals surface area contributed by atoms with E-state index in [1.54, 1.807) is 0 Å². The largest absolute Gasteiger partial charge is 0.396 e. The van der Waals surface area contributed by atoms with Gasteiger partial charge in [0, 0.05) is 17.6 Å². The van der Waals surface area contributed by atoms with Gasteiger partial charge in [-0.1, -0.05) is 28.1 Å². The van der Waals surface area contributed by atoms with Crippen LogP contribution in [0.15, 0.2) is 28.7 Å². The number of hydrogen-bond donors (Lipinski definition) is 3. The summed E-state index contributed by atoms with van der Waals surface area (Å²) in [6.07, 6.45) is 0.215. The minimum Gasteiger partial charge on any atom is -0.396 e. The lowest BCUT2D eigenvalue weighted by Gasteiger charge is -2.12. The summed E-state index contributed by atoms with van der Waals surface area (Å²) < 4.78 is 0.967. The third kappa shape index (κ3) is 4.75. The highest BCUT2D eigenvalue weighted by Crippen LogP contribution is 2.17. The summed E-state index contributed by atoms with van der Waals surface area (Å²) in [7, 11) is 0. The molecule has 1 rings (SSSR count). The predicted octanol–water partition coefficient (Wildman–Crippen LogP) is 1.45. The van der Waals surface area contributed by atoms with Crippen molar-refractivity contribution in [1.82, 2.24) is 5.32 Å². The van der Waals surface area contributed by atoms with E-state index in [-0.39, 0.29) is 6.61 Å². The summed E-state index contributed by atoms with van der Waals surface area (Å²) in [6.45, 7) is 1.41. The van der Waals surface area contributed by atoms with Crippen molar-refractivity contribution in [1.29, 1.82) is 0 Å². The van der Waals surface area contributed by atoms with Crippen molar-refractivity contribution >= 4 is 15.9 Å². The summed E-state index contributed by atoms with van der Waals surface area (Å²) in [4.78, 5) is 0. The highest BCUT2D eigenvalue weighted by Gasteiger charge is 2.06. The molecule has 1 aromatic carbocycles. The zero-order chi connectivity index (χ0) is 11.1. The highest BCUT2D eigenvalue weighted by molar-refractivity contribution is 9.10. The summed E-state index contributed by atoms with van der Waals surface area (Å²) in [5.74, 6) is 0. The van der Waals surface area contributed by atoms with Crippen LogP contribution in [0.25, 0.3) is 0 Å². The Labute approximate surface area is 98.3 Å². The van der Waals surface area contributed by atoms with Gasteiger partial charge in [-0.05, 0) is 30.7 Å². The minimum absolute atomic E-state index is 0.181. The topological polar surface area (TPSA) is 52.5 Å². The number of aliphatic hydroxyl groups excluding tert-OH is 2. The average Bonchev–Trinajstić information content (AvgIpc) is 2.24. The molecule has 0 fully saturated rings. The van der Waals surface area contributed by atoms with Gasteiger partial charge < -0.3 is 15.5 Å².